The van der Waals surface area contributed by atoms with Gasteiger partial charge in [0.1, 0.15) is 0 Å². The van der Waals surface area contributed by atoms with Crippen LogP contribution in [0, 0.1) is 11.8 Å². The summed E-state index contributed by atoms with van der Waals surface area (Å²) in [5, 5.41) is 0. The molecule has 1 aliphatic rings. The summed E-state index contributed by atoms with van der Waals surface area (Å²) in [4.78, 5) is 21.5. The summed E-state index contributed by atoms with van der Waals surface area (Å²) < 4.78 is 0. The molecule has 2 nitrogen and oxygen atoms in total. The maximum absolute atomic E-state index is 10.8. The van der Waals surface area contributed by atoms with Gasteiger partial charge in [-0.2, -0.15) is 0 Å². The number of carbonyl (C=O) groups is 2. The van der Waals surface area contributed by atoms with Crippen LogP contribution in [0.25, 0.3) is 0 Å². The predicted molar refractivity (Wildman–Crippen MR) is 32.7 cm³/mol. The van der Waals surface area contributed by atoms with Crippen molar-refractivity contribution in [2.24, 2.45) is 5.41 Å². The van der Waals surface area contributed by atoms with E-state index in [1.54, 1.807) is 20.3 Å². The third kappa shape index (κ3) is 0.889. The smallest absolute Gasteiger partial charge is 0.204 e. The lowest BCUT2D eigenvalue weighted by atomic mass is 9.91. The largest absolute Gasteiger partial charge is 0.291 e. The first-order valence-corrected chi connectivity index (χ1v) is 2.96. The van der Waals surface area contributed by atoms with Crippen LogP contribution in [0.1, 0.15) is 20.3 Å². The van der Waals surface area contributed by atoms with Crippen LogP contribution in [-0.4, -0.2) is 11.6 Å². The van der Waals surface area contributed by atoms with Crippen molar-refractivity contribution in [3.8, 4) is 0 Å². The molecule has 2 heteroatoms. The highest BCUT2D eigenvalue weighted by Gasteiger charge is 2.39. The minimum absolute atomic E-state index is 0.248. The van der Waals surface area contributed by atoms with E-state index in [0.29, 0.717) is 6.42 Å². The van der Waals surface area contributed by atoms with E-state index >= 15 is 0 Å². The van der Waals surface area contributed by atoms with E-state index in [1.807, 2.05) is 0 Å². The molecule has 0 amide bonds. The van der Waals surface area contributed by atoms with Crippen molar-refractivity contribution in [1.29, 1.82) is 0 Å². The quantitative estimate of drug-likeness (QED) is 0.448. The van der Waals surface area contributed by atoms with E-state index in [9.17, 15) is 9.59 Å². The Kier molecular flexibility index (Phi) is 1.19. The monoisotopic (exact) mass is 125 g/mol. The molecule has 0 unspecified atom stereocenters. The number of carbonyl (C=O) groups excluding carboxylic acids is 2. The highest BCUT2D eigenvalue weighted by molar-refractivity contribution is 6.42. The second-order valence-electron chi connectivity index (χ2n) is 2.88. The zero-order valence-electron chi connectivity index (χ0n) is 5.60. The average molecular weight is 125 g/mol. The molecule has 0 spiro atoms. The second-order valence-corrected chi connectivity index (χ2v) is 2.88. The molecule has 0 aromatic heterocycles. The lowest BCUT2D eigenvalue weighted by molar-refractivity contribution is -0.137. The van der Waals surface area contributed by atoms with Crippen LogP contribution in [0.2, 0.25) is 0 Å². The molecule has 1 saturated carbocycles. The van der Waals surface area contributed by atoms with Crippen LogP contribution in [0.15, 0.2) is 0 Å². The number of ketones is 2. The van der Waals surface area contributed by atoms with E-state index in [1.165, 1.54) is 0 Å². The third-order valence-corrected chi connectivity index (χ3v) is 1.64. The zero-order valence-corrected chi connectivity index (χ0v) is 5.60. The van der Waals surface area contributed by atoms with Crippen LogP contribution < -0.4 is 0 Å². The number of hydrogen-bond donors (Lipinski definition) is 0. The molecule has 0 aliphatic heterocycles. The van der Waals surface area contributed by atoms with Gasteiger partial charge < -0.3 is 0 Å². The maximum atomic E-state index is 10.8. The molecule has 1 fully saturated rings. The molecular formula is C7H9O2. The fraction of sp³-hybridized carbons (Fsp3) is 0.571. The summed E-state index contributed by atoms with van der Waals surface area (Å²) in [6, 6.07) is 0. The summed E-state index contributed by atoms with van der Waals surface area (Å²) in [6.07, 6.45) is 2.09. The summed E-state index contributed by atoms with van der Waals surface area (Å²) >= 11 is 0. The lowest BCUT2D eigenvalue weighted by Gasteiger charge is -2.10. The molecule has 49 valence electrons. The van der Waals surface area contributed by atoms with Crippen molar-refractivity contribution in [1.82, 2.24) is 0 Å². The van der Waals surface area contributed by atoms with E-state index in [2.05, 4.69) is 0 Å². The van der Waals surface area contributed by atoms with Crippen molar-refractivity contribution in [2.75, 3.05) is 0 Å². The Balaban J connectivity index is 2.86. The van der Waals surface area contributed by atoms with Gasteiger partial charge in [0.15, 0.2) is 5.78 Å². The van der Waals surface area contributed by atoms with Gasteiger partial charge in [-0.15, -0.1) is 0 Å². The van der Waals surface area contributed by atoms with Crippen LogP contribution in [0.5, 0.6) is 0 Å². The molecule has 1 aliphatic carbocycles. The van der Waals surface area contributed by atoms with Gasteiger partial charge in [0, 0.05) is 11.8 Å². The summed E-state index contributed by atoms with van der Waals surface area (Å²) in [7, 11) is 0. The summed E-state index contributed by atoms with van der Waals surface area (Å²) in [5.74, 6) is -0.498. The van der Waals surface area contributed by atoms with E-state index < -0.39 is 5.41 Å². The van der Waals surface area contributed by atoms with Crippen molar-refractivity contribution in [3.05, 3.63) is 6.42 Å². The fourth-order valence-corrected chi connectivity index (χ4v) is 0.893. The van der Waals surface area contributed by atoms with Crippen molar-refractivity contribution in [3.63, 3.8) is 0 Å². The molecule has 0 bridgehead atoms. The van der Waals surface area contributed by atoms with Gasteiger partial charge in [0.2, 0.25) is 5.78 Å². The Bertz CT molecular complexity index is 168. The highest BCUT2D eigenvalue weighted by Crippen LogP contribution is 2.29. The molecule has 1 rings (SSSR count). The number of hydrogen-bond acceptors (Lipinski definition) is 2. The summed E-state index contributed by atoms with van der Waals surface area (Å²) in [5.41, 5.74) is -0.489. The summed E-state index contributed by atoms with van der Waals surface area (Å²) in [6.45, 7) is 3.53. The Morgan fingerprint density at radius 3 is 2.11 bits per heavy atom. The highest BCUT2D eigenvalue weighted by atomic mass is 16.2. The van der Waals surface area contributed by atoms with Crippen molar-refractivity contribution >= 4 is 11.6 Å². The van der Waals surface area contributed by atoms with Crippen LogP contribution in [0.3, 0.4) is 0 Å². The first-order chi connectivity index (χ1) is 4.04. The Labute approximate surface area is 54.2 Å². The van der Waals surface area contributed by atoms with Gasteiger partial charge in [-0.25, -0.2) is 0 Å². The zero-order chi connectivity index (χ0) is 7.07. The van der Waals surface area contributed by atoms with Crippen LogP contribution >= 0.6 is 0 Å². The van der Waals surface area contributed by atoms with Gasteiger partial charge in [0.25, 0.3) is 0 Å². The van der Waals surface area contributed by atoms with E-state index in [4.69, 9.17) is 0 Å². The first kappa shape index (κ1) is 6.46. The van der Waals surface area contributed by atoms with E-state index in [0.717, 1.165) is 0 Å². The molecule has 0 saturated heterocycles. The second kappa shape index (κ2) is 1.66. The Morgan fingerprint density at radius 2 is 2.00 bits per heavy atom. The van der Waals surface area contributed by atoms with Crippen LogP contribution in [0.4, 0.5) is 0 Å². The molecular weight excluding hydrogens is 116 g/mol. The van der Waals surface area contributed by atoms with Gasteiger partial charge in [-0.3, -0.25) is 9.59 Å². The van der Waals surface area contributed by atoms with Crippen molar-refractivity contribution < 1.29 is 9.59 Å². The molecule has 0 atom stereocenters. The maximum Gasteiger partial charge on any atom is 0.204 e. The lowest BCUT2D eigenvalue weighted by Crippen LogP contribution is -2.21. The molecule has 9 heavy (non-hydrogen) atoms. The van der Waals surface area contributed by atoms with Gasteiger partial charge in [-0.05, 0) is 6.42 Å². The minimum atomic E-state index is -0.489. The van der Waals surface area contributed by atoms with Gasteiger partial charge in [-0.1, -0.05) is 13.8 Å². The standard InChI is InChI=1S/C7H9O2/c1-7(2)4-3-5(8)6(7)9/h4H,3H2,1-2H3. The van der Waals surface area contributed by atoms with Gasteiger partial charge in [0.05, 0.1) is 0 Å². The average Bonchev–Trinajstić information content (AvgIpc) is 1.97. The normalized spacial score (nSPS) is 25.1. The van der Waals surface area contributed by atoms with Crippen molar-refractivity contribution in [2.45, 2.75) is 20.3 Å². The van der Waals surface area contributed by atoms with E-state index in [-0.39, 0.29) is 11.6 Å². The predicted octanol–water partition coefficient (Wildman–Crippen LogP) is 0.759. The van der Waals surface area contributed by atoms with Gasteiger partial charge >= 0.3 is 0 Å². The molecule has 1 radical (unpaired) electrons. The third-order valence-electron chi connectivity index (χ3n) is 1.64. The molecule has 0 aromatic rings. The molecule has 0 aromatic carbocycles. The number of rotatable bonds is 0. The Morgan fingerprint density at radius 1 is 1.44 bits per heavy atom. The molecule has 0 N–H and O–H groups in total. The number of Topliss-reactive ketones (excluding diaryl/α,β-unsaturated/α-hetero) is 2. The first-order valence-electron chi connectivity index (χ1n) is 2.96. The topological polar surface area (TPSA) is 34.1 Å². The minimum Gasteiger partial charge on any atom is -0.291 e. The Hall–Kier alpha value is -0.660. The fourth-order valence-electron chi connectivity index (χ4n) is 0.893. The van der Waals surface area contributed by atoms with Crippen LogP contribution in [-0.2, 0) is 9.59 Å². The molecule has 0 heterocycles. The SMILES string of the molecule is CC1(C)[CH]CC(=O)C1=O.